The van der Waals surface area contributed by atoms with Gasteiger partial charge in [-0.3, -0.25) is 15.0 Å². The molecular weight excluding hydrogens is 456 g/mol. The molecule has 36 heavy (non-hydrogen) atoms. The molecule has 1 aromatic carbocycles. The molecule has 3 aliphatic rings. The summed E-state index contributed by atoms with van der Waals surface area (Å²) in [5.74, 6) is -0.216. The van der Waals surface area contributed by atoms with Crippen molar-refractivity contribution in [3.63, 3.8) is 0 Å². The van der Waals surface area contributed by atoms with Crippen molar-refractivity contribution in [3.05, 3.63) is 30.0 Å². The van der Waals surface area contributed by atoms with E-state index in [4.69, 9.17) is 4.74 Å². The molecule has 1 spiro atoms. The lowest BCUT2D eigenvalue weighted by atomic mass is 9.67. The standard InChI is InChI=1S/C28H38N4O4/c1-19-21-9-15-31(23(21)6-5-22(19)32-16-10-24(33)29-25(32)34)20-7-11-28(12-8-20)13-17-30(18-14-28)26(35)36-27(2,3)4/h5-6,9,15,20H,7-8,10-14,16-18H2,1-4H3,(H,29,33,34). The quantitative estimate of drug-likeness (QED) is 0.595. The minimum atomic E-state index is -0.456. The summed E-state index contributed by atoms with van der Waals surface area (Å²) in [4.78, 5) is 39.9. The molecule has 3 fully saturated rings. The Morgan fingerprint density at radius 1 is 1.03 bits per heavy atom. The number of anilines is 1. The van der Waals surface area contributed by atoms with Crippen molar-refractivity contribution in [1.82, 2.24) is 14.8 Å². The van der Waals surface area contributed by atoms with Crippen LogP contribution in [0.1, 0.15) is 77.3 Å². The van der Waals surface area contributed by atoms with Gasteiger partial charge in [0.1, 0.15) is 5.60 Å². The number of nitrogens with zero attached hydrogens (tertiary/aromatic N) is 3. The van der Waals surface area contributed by atoms with Crippen LogP contribution in [0, 0.1) is 12.3 Å². The third kappa shape index (κ3) is 4.70. The van der Waals surface area contributed by atoms with E-state index in [-0.39, 0.29) is 18.0 Å². The largest absolute Gasteiger partial charge is 0.444 e. The first-order valence-corrected chi connectivity index (χ1v) is 13.2. The molecule has 8 heteroatoms. The zero-order valence-electron chi connectivity index (χ0n) is 21.9. The number of benzene rings is 1. The fraction of sp³-hybridized carbons (Fsp3) is 0.607. The van der Waals surface area contributed by atoms with Crippen LogP contribution in [0.15, 0.2) is 24.4 Å². The number of imide groups is 1. The fourth-order valence-corrected chi connectivity index (χ4v) is 6.26. The number of hydrogen-bond acceptors (Lipinski definition) is 4. The third-order valence-corrected chi connectivity index (χ3v) is 8.37. The molecule has 8 nitrogen and oxygen atoms in total. The van der Waals surface area contributed by atoms with Crippen LogP contribution in [-0.2, 0) is 9.53 Å². The maximum atomic E-state index is 12.5. The molecule has 2 saturated heterocycles. The second-order valence-electron chi connectivity index (χ2n) is 11.8. The van der Waals surface area contributed by atoms with Crippen molar-refractivity contribution < 1.29 is 19.1 Å². The number of ether oxygens (including phenoxy) is 1. The van der Waals surface area contributed by atoms with Gasteiger partial charge < -0.3 is 14.2 Å². The molecule has 2 aliphatic heterocycles. The van der Waals surface area contributed by atoms with E-state index in [2.05, 4.69) is 35.1 Å². The average Bonchev–Trinajstić information content (AvgIpc) is 3.25. The minimum absolute atomic E-state index is 0.187. The van der Waals surface area contributed by atoms with Gasteiger partial charge in [0.15, 0.2) is 0 Å². The number of aryl methyl sites for hydroxylation is 1. The van der Waals surface area contributed by atoms with E-state index >= 15 is 0 Å². The molecule has 0 bridgehead atoms. The van der Waals surface area contributed by atoms with Crippen molar-refractivity contribution in [2.45, 2.75) is 84.3 Å². The molecule has 3 heterocycles. The van der Waals surface area contributed by atoms with Crippen LogP contribution < -0.4 is 10.2 Å². The summed E-state index contributed by atoms with van der Waals surface area (Å²) in [6.45, 7) is 9.77. The molecular formula is C28H38N4O4. The van der Waals surface area contributed by atoms with Crippen LogP contribution in [0.25, 0.3) is 10.9 Å². The maximum Gasteiger partial charge on any atom is 0.410 e. The zero-order chi connectivity index (χ0) is 25.7. The van der Waals surface area contributed by atoms with Gasteiger partial charge in [0, 0.05) is 54.9 Å². The van der Waals surface area contributed by atoms with E-state index in [0.717, 1.165) is 55.4 Å². The van der Waals surface area contributed by atoms with E-state index in [1.54, 1.807) is 4.90 Å². The zero-order valence-corrected chi connectivity index (χ0v) is 21.9. The van der Waals surface area contributed by atoms with Crippen LogP contribution in [-0.4, -0.2) is 52.7 Å². The number of piperidine rings is 1. The fourth-order valence-electron chi connectivity index (χ4n) is 6.26. The van der Waals surface area contributed by atoms with E-state index in [1.165, 1.54) is 18.4 Å². The second-order valence-corrected chi connectivity index (χ2v) is 11.8. The predicted octanol–water partition coefficient (Wildman–Crippen LogP) is 5.53. The third-order valence-electron chi connectivity index (χ3n) is 8.37. The number of fused-ring (bicyclic) bond motifs is 1. The summed E-state index contributed by atoms with van der Waals surface area (Å²) in [6, 6.07) is 6.40. The number of urea groups is 1. The summed E-state index contributed by atoms with van der Waals surface area (Å²) in [5.41, 5.74) is 3.01. The SMILES string of the molecule is Cc1c(N2CCC(=O)NC2=O)ccc2c1ccn2C1CCC2(CC1)CCN(C(=O)OC(C)(C)C)CC2. The Hall–Kier alpha value is -3.03. The maximum absolute atomic E-state index is 12.5. The smallest absolute Gasteiger partial charge is 0.410 e. The number of carbonyl (C=O) groups is 3. The molecule has 2 aromatic rings. The summed E-state index contributed by atoms with van der Waals surface area (Å²) in [6.07, 6.45) is 9.05. The van der Waals surface area contributed by atoms with Gasteiger partial charge in [0.2, 0.25) is 5.91 Å². The highest BCUT2D eigenvalue weighted by Crippen LogP contribution is 2.48. The molecule has 1 aromatic heterocycles. The van der Waals surface area contributed by atoms with Gasteiger partial charge in [-0.2, -0.15) is 0 Å². The molecule has 1 saturated carbocycles. The summed E-state index contributed by atoms with van der Waals surface area (Å²) in [7, 11) is 0. The van der Waals surface area contributed by atoms with Crippen molar-refractivity contribution in [2.24, 2.45) is 5.41 Å². The first-order chi connectivity index (χ1) is 17.1. The van der Waals surface area contributed by atoms with Gasteiger partial charge in [-0.15, -0.1) is 0 Å². The summed E-state index contributed by atoms with van der Waals surface area (Å²) in [5, 5.41) is 3.58. The number of likely N-dealkylation sites (tertiary alicyclic amines) is 1. The Morgan fingerprint density at radius 3 is 2.36 bits per heavy atom. The van der Waals surface area contributed by atoms with Gasteiger partial charge in [0.05, 0.1) is 0 Å². The number of carbonyl (C=O) groups excluding carboxylic acids is 3. The Kier molecular flexibility index (Phi) is 6.25. The Morgan fingerprint density at radius 2 is 1.72 bits per heavy atom. The molecule has 194 valence electrons. The normalized spacial score (nSPS) is 21.2. The van der Waals surface area contributed by atoms with Gasteiger partial charge in [-0.1, -0.05) is 0 Å². The number of nitrogens with one attached hydrogen (secondary N) is 1. The van der Waals surface area contributed by atoms with Crippen molar-refractivity contribution in [1.29, 1.82) is 0 Å². The molecule has 0 radical (unpaired) electrons. The monoisotopic (exact) mass is 494 g/mol. The number of rotatable bonds is 2. The van der Waals surface area contributed by atoms with E-state index < -0.39 is 5.60 Å². The number of amides is 4. The van der Waals surface area contributed by atoms with Crippen LogP contribution in [0.3, 0.4) is 0 Å². The minimum Gasteiger partial charge on any atom is -0.444 e. The first-order valence-electron chi connectivity index (χ1n) is 13.2. The summed E-state index contributed by atoms with van der Waals surface area (Å²) < 4.78 is 7.98. The molecule has 1 N–H and O–H groups in total. The van der Waals surface area contributed by atoms with Crippen LogP contribution in [0.4, 0.5) is 15.3 Å². The highest BCUT2D eigenvalue weighted by Gasteiger charge is 2.40. The summed E-state index contributed by atoms with van der Waals surface area (Å²) >= 11 is 0. The predicted molar refractivity (Wildman–Crippen MR) is 139 cm³/mol. The lowest BCUT2D eigenvalue weighted by Crippen LogP contribution is -2.49. The lowest BCUT2D eigenvalue weighted by Gasteiger charge is -2.46. The number of hydrogen-bond donors (Lipinski definition) is 1. The lowest BCUT2D eigenvalue weighted by molar-refractivity contribution is -0.120. The van der Waals surface area contributed by atoms with Crippen LogP contribution in [0.2, 0.25) is 0 Å². The van der Waals surface area contributed by atoms with Crippen molar-refractivity contribution in [2.75, 3.05) is 24.5 Å². The Labute approximate surface area is 212 Å². The Bertz CT molecular complexity index is 1180. The van der Waals surface area contributed by atoms with Crippen LogP contribution in [0.5, 0.6) is 0 Å². The molecule has 1 aliphatic carbocycles. The second kappa shape index (κ2) is 9.12. The van der Waals surface area contributed by atoms with Crippen LogP contribution >= 0.6 is 0 Å². The van der Waals surface area contributed by atoms with E-state index in [9.17, 15) is 14.4 Å². The van der Waals surface area contributed by atoms with Crippen molar-refractivity contribution in [3.8, 4) is 0 Å². The van der Waals surface area contributed by atoms with Gasteiger partial charge in [-0.25, -0.2) is 9.59 Å². The number of aromatic nitrogens is 1. The molecule has 0 unspecified atom stereocenters. The van der Waals surface area contributed by atoms with E-state index in [1.807, 2.05) is 31.7 Å². The molecule has 0 atom stereocenters. The van der Waals surface area contributed by atoms with Gasteiger partial charge >= 0.3 is 12.1 Å². The highest BCUT2D eigenvalue weighted by molar-refractivity contribution is 6.07. The van der Waals surface area contributed by atoms with E-state index in [0.29, 0.717) is 24.4 Å². The topological polar surface area (TPSA) is 83.9 Å². The van der Waals surface area contributed by atoms with Gasteiger partial charge in [-0.05, 0) is 95.4 Å². The van der Waals surface area contributed by atoms with Gasteiger partial charge in [0.25, 0.3) is 0 Å². The van der Waals surface area contributed by atoms with Crippen molar-refractivity contribution >= 4 is 34.6 Å². The molecule has 5 rings (SSSR count). The Balaban J connectivity index is 1.24. The average molecular weight is 495 g/mol. The first kappa shape index (κ1) is 24.7. The highest BCUT2D eigenvalue weighted by atomic mass is 16.6. The molecule has 4 amide bonds.